The van der Waals surface area contributed by atoms with Gasteiger partial charge in [-0.15, -0.1) is 0 Å². The molecule has 0 atom stereocenters. The fraction of sp³-hybridized carbons (Fsp3) is 0.455. The summed E-state index contributed by atoms with van der Waals surface area (Å²) in [5.41, 5.74) is 3.59. The quantitative estimate of drug-likeness (QED) is 0.641. The molecule has 1 aliphatic heterocycles. The van der Waals surface area contributed by atoms with E-state index in [0.717, 1.165) is 18.7 Å². The lowest BCUT2D eigenvalue weighted by Gasteiger charge is -2.11. The Bertz CT molecular complexity index is 329. The second-order valence-corrected chi connectivity index (χ2v) is 3.47. The Kier molecular flexibility index (Phi) is 2.39. The maximum atomic E-state index is 4.53. The smallest absolute Gasteiger partial charge is 0.0421 e. The van der Waals surface area contributed by atoms with Crippen molar-refractivity contribution in [3.8, 4) is 0 Å². The topological polar surface area (TPSA) is 25.2 Å². The van der Waals surface area contributed by atoms with Crippen molar-refractivity contribution in [3.63, 3.8) is 0 Å². The van der Waals surface area contributed by atoms with Crippen molar-refractivity contribution in [2.75, 3.05) is 6.54 Å². The molecule has 0 saturated carbocycles. The Morgan fingerprint density at radius 3 is 2.92 bits per heavy atom. The maximum absolute atomic E-state index is 4.53. The number of hydrogen-bond donors (Lipinski definition) is 0. The largest absolute Gasteiger partial charge is 0.289 e. The van der Waals surface area contributed by atoms with Gasteiger partial charge in [0.25, 0.3) is 0 Å². The first-order valence-corrected chi connectivity index (χ1v) is 4.82. The SMILES string of the molecule is Cc1cc(C2=NCCCC2)ccn1. The molecule has 2 nitrogen and oxygen atoms in total. The molecule has 2 heteroatoms. The van der Waals surface area contributed by atoms with Crippen molar-refractivity contribution in [2.24, 2.45) is 4.99 Å². The molecule has 1 aromatic rings. The van der Waals surface area contributed by atoms with Crippen molar-refractivity contribution in [1.82, 2.24) is 4.98 Å². The average molecular weight is 174 g/mol. The Labute approximate surface area is 78.7 Å². The Hall–Kier alpha value is -1.18. The molecule has 1 aromatic heterocycles. The lowest BCUT2D eigenvalue weighted by Crippen LogP contribution is -2.07. The average Bonchev–Trinajstić information content (AvgIpc) is 2.19. The molecule has 13 heavy (non-hydrogen) atoms. The van der Waals surface area contributed by atoms with Gasteiger partial charge in [0.05, 0.1) is 0 Å². The van der Waals surface area contributed by atoms with Gasteiger partial charge in [0.15, 0.2) is 0 Å². The number of rotatable bonds is 1. The predicted molar refractivity (Wildman–Crippen MR) is 54.2 cm³/mol. The number of hydrogen-bond acceptors (Lipinski definition) is 2. The third-order valence-electron chi connectivity index (χ3n) is 2.35. The van der Waals surface area contributed by atoms with Gasteiger partial charge >= 0.3 is 0 Å². The van der Waals surface area contributed by atoms with E-state index in [9.17, 15) is 0 Å². The number of nitrogens with zero attached hydrogens (tertiary/aromatic N) is 2. The highest BCUT2D eigenvalue weighted by Gasteiger charge is 2.07. The van der Waals surface area contributed by atoms with Gasteiger partial charge in [0.2, 0.25) is 0 Å². The van der Waals surface area contributed by atoms with Crippen molar-refractivity contribution in [2.45, 2.75) is 26.2 Å². The molecule has 0 radical (unpaired) electrons. The molecule has 0 N–H and O–H groups in total. The summed E-state index contributed by atoms with van der Waals surface area (Å²) in [6.07, 6.45) is 5.51. The predicted octanol–water partition coefficient (Wildman–Crippen LogP) is 2.36. The minimum atomic E-state index is 0.997. The molecule has 68 valence electrons. The Morgan fingerprint density at radius 2 is 2.23 bits per heavy atom. The fourth-order valence-electron chi connectivity index (χ4n) is 1.66. The van der Waals surface area contributed by atoms with Crippen LogP contribution < -0.4 is 0 Å². The van der Waals surface area contributed by atoms with E-state index < -0.39 is 0 Å². The number of pyridine rings is 1. The summed E-state index contributed by atoms with van der Waals surface area (Å²) in [6, 6.07) is 4.17. The molecule has 0 unspecified atom stereocenters. The van der Waals surface area contributed by atoms with E-state index in [1.807, 2.05) is 13.1 Å². The van der Waals surface area contributed by atoms with Crippen molar-refractivity contribution < 1.29 is 0 Å². The lowest BCUT2D eigenvalue weighted by molar-refractivity contribution is 0.738. The van der Waals surface area contributed by atoms with Gasteiger partial charge in [-0.25, -0.2) is 0 Å². The molecule has 1 aliphatic rings. The molecule has 0 saturated heterocycles. The molecular formula is C11H14N2. The zero-order chi connectivity index (χ0) is 9.10. The zero-order valence-corrected chi connectivity index (χ0v) is 7.95. The summed E-state index contributed by atoms with van der Waals surface area (Å²) in [4.78, 5) is 8.71. The third-order valence-corrected chi connectivity index (χ3v) is 2.35. The molecule has 2 rings (SSSR count). The van der Waals surface area contributed by atoms with E-state index in [1.54, 1.807) is 0 Å². The van der Waals surface area contributed by atoms with E-state index in [1.165, 1.54) is 24.1 Å². The highest BCUT2D eigenvalue weighted by molar-refractivity contribution is 6.00. The van der Waals surface area contributed by atoms with Crippen molar-refractivity contribution >= 4 is 5.71 Å². The molecule has 0 bridgehead atoms. The number of aliphatic imine (C=N–C) groups is 1. The van der Waals surface area contributed by atoms with Crippen LogP contribution in [-0.4, -0.2) is 17.2 Å². The van der Waals surface area contributed by atoms with E-state index in [2.05, 4.69) is 22.1 Å². The second-order valence-electron chi connectivity index (χ2n) is 3.47. The van der Waals surface area contributed by atoms with E-state index >= 15 is 0 Å². The molecule has 2 heterocycles. The summed E-state index contributed by atoms with van der Waals surface area (Å²) in [6.45, 7) is 3.02. The molecule has 0 amide bonds. The summed E-state index contributed by atoms with van der Waals surface area (Å²) < 4.78 is 0. The summed E-state index contributed by atoms with van der Waals surface area (Å²) >= 11 is 0. The monoisotopic (exact) mass is 174 g/mol. The van der Waals surface area contributed by atoms with Gasteiger partial charge in [-0.05, 0) is 43.9 Å². The Morgan fingerprint density at radius 1 is 1.31 bits per heavy atom. The summed E-state index contributed by atoms with van der Waals surface area (Å²) in [7, 11) is 0. The molecule has 0 aliphatic carbocycles. The third kappa shape index (κ3) is 1.94. The van der Waals surface area contributed by atoms with Crippen LogP contribution in [0, 0.1) is 6.92 Å². The van der Waals surface area contributed by atoms with Crippen LogP contribution in [0.15, 0.2) is 23.3 Å². The van der Waals surface area contributed by atoms with Gasteiger partial charge < -0.3 is 0 Å². The van der Waals surface area contributed by atoms with Crippen LogP contribution in [0.2, 0.25) is 0 Å². The second kappa shape index (κ2) is 3.69. The zero-order valence-electron chi connectivity index (χ0n) is 7.95. The van der Waals surface area contributed by atoms with Gasteiger partial charge in [0.1, 0.15) is 0 Å². The van der Waals surface area contributed by atoms with Gasteiger partial charge in [-0.2, -0.15) is 0 Å². The van der Waals surface area contributed by atoms with E-state index in [0.29, 0.717) is 0 Å². The van der Waals surface area contributed by atoms with Gasteiger partial charge in [-0.3, -0.25) is 9.98 Å². The highest BCUT2D eigenvalue weighted by Crippen LogP contribution is 2.13. The van der Waals surface area contributed by atoms with Crippen molar-refractivity contribution in [3.05, 3.63) is 29.6 Å². The van der Waals surface area contributed by atoms with Crippen LogP contribution in [0.1, 0.15) is 30.5 Å². The van der Waals surface area contributed by atoms with Gasteiger partial charge in [0, 0.05) is 24.1 Å². The molecular weight excluding hydrogens is 160 g/mol. The lowest BCUT2D eigenvalue weighted by atomic mass is 10.0. The number of aromatic nitrogens is 1. The van der Waals surface area contributed by atoms with Crippen LogP contribution in [0.5, 0.6) is 0 Å². The van der Waals surface area contributed by atoms with Gasteiger partial charge in [-0.1, -0.05) is 0 Å². The summed E-state index contributed by atoms with van der Waals surface area (Å²) in [5.74, 6) is 0. The minimum absolute atomic E-state index is 0.997. The summed E-state index contributed by atoms with van der Waals surface area (Å²) in [5, 5.41) is 0. The van der Waals surface area contributed by atoms with Crippen LogP contribution in [0.25, 0.3) is 0 Å². The molecule has 0 aromatic carbocycles. The molecule has 0 spiro atoms. The minimum Gasteiger partial charge on any atom is -0.289 e. The fourth-order valence-corrected chi connectivity index (χ4v) is 1.66. The first-order valence-electron chi connectivity index (χ1n) is 4.82. The first-order chi connectivity index (χ1) is 6.36. The van der Waals surface area contributed by atoms with E-state index in [4.69, 9.17) is 0 Å². The van der Waals surface area contributed by atoms with Crippen molar-refractivity contribution in [1.29, 1.82) is 0 Å². The highest BCUT2D eigenvalue weighted by atomic mass is 14.7. The number of aryl methyl sites for hydroxylation is 1. The normalized spacial score (nSPS) is 16.8. The standard InChI is InChI=1S/C11H14N2/c1-9-8-10(5-7-12-9)11-4-2-3-6-13-11/h5,7-8H,2-4,6H2,1H3. The van der Waals surface area contributed by atoms with Crippen LogP contribution in [0.3, 0.4) is 0 Å². The molecule has 0 fully saturated rings. The van der Waals surface area contributed by atoms with E-state index in [-0.39, 0.29) is 0 Å². The maximum Gasteiger partial charge on any atom is 0.0421 e. The van der Waals surface area contributed by atoms with Crippen LogP contribution in [-0.2, 0) is 0 Å². The Balaban J connectivity index is 2.29. The van der Waals surface area contributed by atoms with Crippen LogP contribution in [0.4, 0.5) is 0 Å². The first kappa shape index (κ1) is 8.42. The van der Waals surface area contributed by atoms with Crippen LogP contribution >= 0.6 is 0 Å².